The number of urea groups is 1. The molecule has 0 radical (unpaired) electrons. The zero-order valence-corrected chi connectivity index (χ0v) is 16.2. The topological polar surface area (TPSA) is 53.6 Å². The highest BCUT2D eigenvalue weighted by molar-refractivity contribution is 5.89. The van der Waals surface area contributed by atoms with E-state index in [2.05, 4.69) is 35.4 Å². The molecule has 3 rings (SSSR count). The molecule has 1 aromatic carbocycles. The smallest absolute Gasteiger partial charge is 0.319 e. The summed E-state index contributed by atoms with van der Waals surface area (Å²) in [4.78, 5) is 14.5. The summed E-state index contributed by atoms with van der Waals surface area (Å²) in [5.41, 5.74) is 3.33. The highest BCUT2D eigenvalue weighted by Gasteiger charge is 2.21. The largest absolute Gasteiger partial charge is 0.376 e. The standard InChI is InChI=1S/C21H33N3O2/c1-16-7-3-4-8-20(16)26-14-11-22-21(25)23-18-9-10-19(17(2)15-18)24-12-5-6-13-24/h9-10,15-16,20H,3-8,11-14H2,1-2H3,(H2,22,23,25)/t16-,20-/m0/s1. The van der Waals surface area contributed by atoms with Crippen molar-refractivity contribution in [3.8, 4) is 0 Å². The number of carbonyl (C=O) groups is 1. The lowest BCUT2D eigenvalue weighted by molar-refractivity contribution is -0.00232. The van der Waals surface area contributed by atoms with Crippen LogP contribution in [0.3, 0.4) is 0 Å². The van der Waals surface area contributed by atoms with E-state index >= 15 is 0 Å². The van der Waals surface area contributed by atoms with Crippen molar-refractivity contribution in [1.82, 2.24) is 5.32 Å². The monoisotopic (exact) mass is 359 g/mol. The SMILES string of the molecule is Cc1cc(NC(=O)NCCO[C@H]2CCCC[C@@H]2C)ccc1N1CCCC1. The molecule has 0 spiro atoms. The van der Waals surface area contributed by atoms with Gasteiger partial charge in [0, 0.05) is 31.0 Å². The van der Waals surface area contributed by atoms with Crippen LogP contribution in [0.25, 0.3) is 0 Å². The Morgan fingerprint density at radius 3 is 2.69 bits per heavy atom. The van der Waals surface area contributed by atoms with Gasteiger partial charge in [0.2, 0.25) is 0 Å². The Bertz CT molecular complexity index is 599. The van der Waals surface area contributed by atoms with Gasteiger partial charge in [0.15, 0.2) is 0 Å². The van der Waals surface area contributed by atoms with Crippen LogP contribution < -0.4 is 15.5 Å². The maximum absolute atomic E-state index is 12.1. The summed E-state index contributed by atoms with van der Waals surface area (Å²) in [6, 6.07) is 5.98. The molecule has 2 fully saturated rings. The number of ether oxygens (including phenoxy) is 1. The van der Waals surface area contributed by atoms with Crippen molar-refractivity contribution >= 4 is 17.4 Å². The van der Waals surface area contributed by atoms with Gasteiger partial charge >= 0.3 is 6.03 Å². The zero-order chi connectivity index (χ0) is 18.4. The van der Waals surface area contributed by atoms with E-state index in [1.807, 2.05) is 12.1 Å². The quantitative estimate of drug-likeness (QED) is 0.744. The van der Waals surface area contributed by atoms with Crippen molar-refractivity contribution in [2.75, 3.05) is 36.5 Å². The molecular formula is C21H33N3O2. The molecule has 0 unspecified atom stereocenters. The number of rotatable bonds is 6. The minimum absolute atomic E-state index is 0.168. The molecule has 2 amide bonds. The Morgan fingerprint density at radius 1 is 1.19 bits per heavy atom. The van der Waals surface area contributed by atoms with Crippen molar-refractivity contribution in [3.05, 3.63) is 23.8 Å². The lowest BCUT2D eigenvalue weighted by Gasteiger charge is -2.28. The minimum atomic E-state index is -0.168. The van der Waals surface area contributed by atoms with Crippen LogP contribution in [0.1, 0.15) is 51.0 Å². The van der Waals surface area contributed by atoms with Crippen molar-refractivity contribution < 1.29 is 9.53 Å². The molecule has 144 valence electrons. The van der Waals surface area contributed by atoms with Gasteiger partial charge in [0.1, 0.15) is 0 Å². The maximum Gasteiger partial charge on any atom is 0.319 e. The van der Waals surface area contributed by atoms with Crippen LogP contribution in [-0.2, 0) is 4.74 Å². The molecule has 1 aliphatic heterocycles. The summed E-state index contributed by atoms with van der Waals surface area (Å²) in [7, 11) is 0. The summed E-state index contributed by atoms with van der Waals surface area (Å²) >= 11 is 0. The zero-order valence-electron chi connectivity index (χ0n) is 16.2. The molecule has 2 atom stereocenters. The number of anilines is 2. The second-order valence-corrected chi connectivity index (χ2v) is 7.75. The van der Waals surface area contributed by atoms with E-state index in [9.17, 15) is 4.79 Å². The van der Waals surface area contributed by atoms with Crippen molar-refractivity contribution in [1.29, 1.82) is 0 Å². The number of hydrogen-bond donors (Lipinski definition) is 2. The molecule has 1 heterocycles. The highest BCUT2D eigenvalue weighted by Crippen LogP contribution is 2.27. The number of aryl methyl sites for hydroxylation is 1. The number of hydrogen-bond acceptors (Lipinski definition) is 3. The van der Waals surface area contributed by atoms with E-state index in [1.54, 1.807) is 0 Å². The Balaban J connectivity index is 1.39. The third-order valence-electron chi connectivity index (χ3n) is 5.65. The van der Waals surface area contributed by atoms with E-state index in [0.29, 0.717) is 25.2 Å². The van der Waals surface area contributed by atoms with Gasteiger partial charge in [-0.25, -0.2) is 4.79 Å². The average Bonchev–Trinajstić information content (AvgIpc) is 3.14. The van der Waals surface area contributed by atoms with Crippen LogP contribution in [0.2, 0.25) is 0 Å². The summed E-state index contributed by atoms with van der Waals surface area (Å²) in [5.74, 6) is 0.634. The third-order valence-corrected chi connectivity index (χ3v) is 5.65. The van der Waals surface area contributed by atoms with E-state index in [4.69, 9.17) is 4.74 Å². The molecule has 5 nitrogen and oxygen atoms in total. The second-order valence-electron chi connectivity index (χ2n) is 7.75. The Morgan fingerprint density at radius 2 is 1.96 bits per heavy atom. The van der Waals surface area contributed by atoms with Crippen molar-refractivity contribution in [2.45, 2.75) is 58.5 Å². The fourth-order valence-corrected chi connectivity index (χ4v) is 4.13. The van der Waals surface area contributed by atoms with Gasteiger partial charge in [-0.2, -0.15) is 0 Å². The number of nitrogens with zero attached hydrogens (tertiary/aromatic N) is 1. The number of benzene rings is 1. The summed E-state index contributed by atoms with van der Waals surface area (Å²) in [6.45, 7) is 7.75. The van der Waals surface area contributed by atoms with Crippen molar-refractivity contribution in [2.24, 2.45) is 5.92 Å². The summed E-state index contributed by atoms with van der Waals surface area (Å²) < 4.78 is 5.94. The van der Waals surface area contributed by atoms with Gasteiger partial charge in [-0.15, -0.1) is 0 Å². The van der Waals surface area contributed by atoms with Gasteiger partial charge in [-0.3, -0.25) is 0 Å². The molecule has 1 aliphatic carbocycles. The fraction of sp³-hybridized carbons (Fsp3) is 0.667. The fourth-order valence-electron chi connectivity index (χ4n) is 4.13. The predicted octanol–water partition coefficient (Wildman–Crippen LogP) is 4.31. The third kappa shape index (κ3) is 5.13. The first kappa shape index (κ1) is 19.0. The van der Waals surface area contributed by atoms with Gasteiger partial charge < -0.3 is 20.3 Å². The van der Waals surface area contributed by atoms with Crippen LogP contribution in [0.4, 0.5) is 16.2 Å². The second kappa shape index (κ2) is 9.26. The van der Waals surface area contributed by atoms with Gasteiger partial charge in [0.05, 0.1) is 12.7 Å². The van der Waals surface area contributed by atoms with Crippen molar-refractivity contribution in [3.63, 3.8) is 0 Å². The molecule has 1 aromatic rings. The van der Waals surface area contributed by atoms with Crippen LogP contribution in [0.5, 0.6) is 0 Å². The predicted molar refractivity (Wildman–Crippen MR) is 107 cm³/mol. The van der Waals surface area contributed by atoms with Gasteiger partial charge in [-0.1, -0.05) is 19.8 Å². The van der Waals surface area contributed by atoms with Crippen LogP contribution in [0, 0.1) is 12.8 Å². The lowest BCUT2D eigenvalue weighted by Crippen LogP contribution is -2.34. The molecule has 2 N–H and O–H groups in total. The van der Waals surface area contributed by atoms with Gasteiger partial charge in [0.25, 0.3) is 0 Å². The number of carbonyl (C=O) groups excluding carboxylic acids is 1. The first-order chi connectivity index (χ1) is 12.6. The van der Waals surface area contributed by atoms with Gasteiger partial charge in [-0.05, 0) is 62.3 Å². The van der Waals surface area contributed by atoms with Crippen LogP contribution >= 0.6 is 0 Å². The van der Waals surface area contributed by atoms with Crippen LogP contribution in [0.15, 0.2) is 18.2 Å². The molecular weight excluding hydrogens is 326 g/mol. The summed E-state index contributed by atoms with van der Waals surface area (Å²) in [5, 5.41) is 5.81. The molecule has 0 aromatic heterocycles. The molecule has 0 bridgehead atoms. The number of nitrogens with one attached hydrogen (secondary N) is 2. The first-order valence-corrected chi connectivity index (χ1v) is 10.2. The highest BCUT2D eigenvalue weighted by atomic mass is 16.5. The minimum Gasteiger partial charge on any atom is -0.376 e. The molecule has 1 saturated heterocycles. The lowest BCUT2D eigenvalue weighted by atomic mass is 9.88. The van der Waals surface area contributed by atoms with E-state index in [0.717, 1.165) is 25.2 Å². The van der Waals surface area contributed by atoms with Crippen LogP contribution in [-0.4, -0.2) is 38.4 Å². The Hall–Kier alpha value is -1.75. The summed E-state index contributed by atoms with van der Waals surface area (Å²) in [6.07, 6.45) is 7.87. The van der Waals surface area contributed by atoms with E-state index < -0.39 is 0 Å². The molecule has 2 aliphatic rings. The molecule has 26 heavy (non-hydrogen) atoms. The van der Waals surface area contributed by atoms with E-state index in [1.165, 1.54) is 43.4 Å². The first-order valence-electron chi connectivity index (χ1n) is 10.2. The normalized spacial score (nSPS) is 23.1. The average molecular weight is 360 g/mol. The molecule has 5 heteroatoms. The maximum atomic E-state index is 12.1. The number of amides is 2. The Labute approximate surface area is 157 Å². The Kier molecular flexibility index (Phi) is 6.78. The van der Waals surface area contributed by atoms with E-state index in [-0.39, 0.29) is 6.03 Å². The molecule has 1 saturated carbocycles.